The largest absolute Gasteiger partial charge is 0.428 e. The number of hydrogen-bond donors (Lipinski definition) is 1. The zero-order chi connectivity index (χ0) is 20.4. The highest BCUT2D eigenvalue weighted by atomic mass is 35.5. The molecule has 0 atom stereocenters. The quantitative estimate of drug-likeness (QED) is 0.266. The monoisotopic (exact) mass is 419 g/mol. The highest BCUT2D eigenvalue weighted by molar-refractivity contribution is 6.39. The van der Waals surface area contributed by atoms with Crippen molar-refractivity contribution >= 4 is 46.5 Å². The molecule has 0 bridgehead atoms. The molecular formula is C21H19Cl2NO4. The molecule has 146 valence electrons. The van der Waals surface area contributed by atoms with Crippen molar-refractivity contribution in [3.05, 3.63) is 82.4 Å². The van der Waals surface area contributed by atoms with Crippen LogP contribution in [0.5, 0.6) is 0 Å². The standard InChI is InChI=1S/C21H19Cl2NO4/c1-2-3-4-12-19(25)27-14-28-20(26)13-15-8-5-6-11-18(15)24-21-16(22)9-7-10-17(21)23/h2-12,24H,13-14H2,1H3. The summed E-state index contributed by atoms with van der Waals surface area (Å²) in [6, 6.07) is 12.4. The van der Waals surface area contributed by atoms with E-state index in [9.17, 15) is 9.59 Å². The first kappa shape index (κ1) is 21.5. The zero-order valence-electron chi connectivity index (χ0n) is 15.2. The van der Waals surface area contributed by atoms with Gasteiger partial charge in [0.05, 0.1) is 22.2 Å². The summed E-state index contributed by atoms with van der Waals surface area (Å²) in [5, 5.41) is 4.07. The Labute approximate surface area is 173 Å². The summed E-state index contributed by atoms with van der Waals surface area (Å²) in [6.45, 7) is 1.37. The van der Waals surface area contributed by atoms with Crippen molar-refractivity contribution in [3.8, 4) is 0 Å². The highest BCUT2D eigenvalue weighted by Gasteiger charge is 2.12. The summed E-state index contributed by atoms with van der Waals surface area (Å²) in [4.78, 5) is 23.5. The Hall–Kier alpha value is -2.76. The molecule has 0 unspecified atom stereocenters. The normalized spacial score (nSPS) is 11.0. The van der Waals surface area contributed by atoms with Gasteiger partial charge in [-0.3, -0.25) is 4.79 Å². The number of anilines is 2. The van der Waals surface area contributed by atoms with E-state index in [1.54, 1.807) is 48.6 Å². The molecule has 0 spiro atoms. The second-order valence-corrected chi connectivity index (χ2v) is 6.35. The van der Waals surface area contributed by atoms with E-state index in [4.69, 9.17) is 32.7 Å². The van der Waals surface area contributed by atoms with E-state index in [2.05, 4.69) is 5.32 Å². The van der Waals surface area contributed by atoms with Gasteiger partial charge in [0.1, 0.15) is 0 Å². The van der Waals surface area contributed by atoms with Gasteiger partial charge in [0.25, 0.3) is 0 Å². The fraction of sp³-hybridized carbons (Fsp3) is 0.143. The first-order chi connectivity index (χ1) is 13.5. The maximum absolute atomic E-state index is 12.1. The van der Waals surface area contributed by atoms with Gasteiger partial charge < -0.3 is 14.8 Å². The maximum Gasteiger partial charge on any atom is 0.333 e. The summed E-state index contributed by atoms with van der Waals surface area (Å²) >= 11 is 12.4. The molecular weight excluding hydrogens is 401 g/mol. The van der Waals surface area contributed by atoms with Crippen LogP contribution in [-0.4, -0.2) is 18.7 Å². The maximum atomic E-state index is 12.1. The van der Waals surface area contributed by atoms with E-state index < -0.39 is 18.7 Å². The van der Waals surface area contributed by atoms with Gasteiger partial charge in [0.15, 0.2) is 0 Å². The molecule has 28 heavy (non-hydrogen) atoms. The molecule has 0 aromatic heterocycles. The van der Waals surface area contributed by atoms with Crippen LogP contribution in [0.2, 0.25) is 10.0 Å². The Kier molecular flexibility index (Phi) is 8.59. The van der Waals surface area contributed by atoms with Crippen molar-refractivity contribution in [2.24, 2.45) is 0 Å². The molecule has 0 saturated heterocycles. The molecule has 2 aromatic rings. The Balaban J connectivity index is 1.95. The fourth-order valence-electron chi connectivity index (χ4n) is 2.20. The Morgan fingerprint density at radius 1 is 1.00 bits per heavy atom. The third-order valence-corrected chi connectivity index (χ3v) is 4.16. The van der Waals surface area contributed by atoms with Gasteiger partial charge in [-0.1, -0.05) is 65.7 Å². The van der Waals surface area contributed by atoms with Gasteiger partial charge in [0, 0.05) is 11.8 Å². The average Bonchev–Trinajstić information content (AvgIpc) is 2.66. The lowest BCUT2D eigenvalue weighted by atomic mass is 10.1. The van der Waals surface area contributed by atoms with Crippen LogP contribution < -0.4 is 5.32 Å². The number of allylic oxidation sites excluding steroid dienone is 3. The molecule has 2 rings (SSSR count). The predicted molar refractivity (Wildman–Crippen MR) is 111 cm³/mol. The molecule has 0 aliphatic rings. The summed E-state index contributed by atoms with van der Waals surface area (Å²) in [6.07, 6.45) is 6.21. The van der Waals surface area contributed by atoms with Gasteiger partial charge in [-0.25, -0.2) is 4.79 Å². The number of ether oxygens (including phenoxy) is 2. The van der Waals surface area contributed by atoms with E-state index in [-0.39, 0.29) is 6.42 Å². The first-order valence-corrected chi connectivity index (χ1v) is 9.17. The minimum atomic E-state index is -0.596. The Morgan fingerprint density at radius 3 is 2.43 bits per heavy atom. The molecule has 5 nitrogen and oxygen atoms in total. The smallest absolute Gasteiger partial charge is 0.333 e. The third kappa shape index (κ3) is 6.76. The van der Waals surface area contributed by atoms with E-state index >= 15 is 0 Å². The predicted octanol–water partition coefficient (Wildman–Crippen LogP) is 5.46. The minimum absolute atomic E-state index is 0.0167. The van der Waals surface area contributed by atoms with Gasteiger partial charge in [0.2, 0.25) is 6.79 Å². The van der Waals surface area contributed by atoms with Crippen LogP contribution in [0.3, 0.4) is 0 Å². The number of para-hydroxylation sites is 2. The average molecular weight is 420 g/mol. The number of esters is 2. The van der Waals surface area contributed by atoms with E-state index in [0.29, 0.717) is 27.0 Å². The number of benzene rings is 2. The van der Waals surface area contributed by atoms with Crippen LogP contribution in [0.25, 0.3) is 0 Å². The van der Waals surface area contributed by atoms with E-state index in [0.717, 1.165) is 0 Å². The number of carbonyl (C=O) groups is 2. The summed E-state index contributed by atoms with van der Waals surface area (Å²) in [5.74, 6) is -1.13. The molecule has 0 saturated carbocycles. The topological polar surface area (TPSA) is 64.6 Å². The fourth-order valence-corrected chi connectivity index (χ4v) is 2.69. The third-order valence-electron chi connectivity index (χ3n) is 3.53. The summed E-state index contributed by atoms with van der Waals surface area (Å²) in [7, 11) is 0. The van der Waals surface area contributed by atoms with Crippen molar-refractivity contribution in [3.63, 3.8) is 0 Å². The minimum Gasteiger partial charge on any atom is -0.428 e. The number of rotatable bonds is 8. The Bertz CT molecular complexity index is 873. The van der Waals surface area contributed by atoms with Crippen molar-refractivity contribution < 1.29 is 19.1 Å². The van der Waals surface area contributed by atoms with Gasteiger partial charge in [-0.05, 0) is 30.7 Å². The lowest BCUT2D eigenvalue weighted by Gasteiger charge is -2.14. The molecule has 0 fully saturated rings. The lowest BCUT2D eigenvalue weighted by Crippen LogP contribution is -2.14. The molecule has 2 aromatic carbocycles. The first-order valence-electron chi connectivity index (χ1n) is 8.42. The molecule has 0 heterocycles. The molecule has 0 radical (unpaired) electrons. The Morgan fingerprint density at radius 2 is 1.71 bits per heavy atom. The number of nitrogens with one attached hydrogen (secondary N) is 1. The SMILES string of the molecule is CC=CC=CC(=O)OCOC(=O)Cc1ccccc1Nc1c(Cl)cccc1Cl. The second-order valence-electron chi connectivity index (χ2n) is 5.54. The number of halogens is 2. The summed E-state index contributed by atoms with van der Waals surface area (Å²) < 4.78 is 9.76. The van der Waals surface area contributed by atoms with E-state index in [1.165, 1.54) is 12.2 Å². The molecule has 0 aliphatic heterocycles. The van der Waals surface area contributed by atoms with Crippen molar-refractivity contribution in [2.45, 2.75) is 13.3 Å². The molecule has 0 amide bonds. The lowest BCUT2D eigenvalue weighted by molar-refractivity contribution is -0.163. The van der Waals surface area contributed by atoms with Crippen molar-refractivity contribution in [1.82, 2.24) is 0 Å². The zero-order valence-corrected chi connectivity index (χ0v) is 16.7. The van der Waals surface area contributed by atoms with E-state index in [1.807, 2.05) is 13.0 Å². The van der Waals surface area contributed by atoms with Crippen molar-refractivity contribution in [1.29, 1.82) is 0 Å². The number of carbonyl (C=O) groups excluding carboxylic acids is 2. The highest BCUT2D eigenvalue weighted by Crippen LogP contribution is 2.33. The van der Waals surface area contributed by atoms with Gasteiger partial charge >= 0.3 is 11.9 Å². The van der Waals surface area contributed by atoms with Crippen LogP contribution in [0.1, 0.15) is 12.5 Å². The van der Waals surface area contributed by atoms with Gasteiger partial charge in [-0.15, -0.1) is 0 Å². The molecule has 0 aliphatic carbocycles. The van der Waals surface area contributed by atoms with Crippen LogP contribution in [-0.2, 0) is 25.5 Å². The molecule has 7 heteroatoms. The number of hydrogen-bond acceptors (Lipinski definition) is 5. The summed E-state index contributed by atoms with van der Waals surface area (Å²) in [5.41, 5.74) is 1.90. The van der Waals surface area contributed by atoms with Crippen LogP contribution in [0.4, 0.5) is 11.4 Å². The van der Waals surface area contributed by atoms with Crippen LogP contribution >= 0.6 is 23.2 Å². The van der Waals surface area contributed by atoms with Crippen LogP contribution in [0, 0.1) is 0 Å². The van der Waals surface area contributed by atoms with Gasteiger partial charge in [-0.2, -0.15) is 0 Å². The molecule has 1 N–H and O–H groups in total. The van der Waals surface area contributed by atoms with Crippen molar-refractivity contribution in [2.75, 3.05) is 12.1 Å². The second kappa shape index (κ2) is 11.2. The van der Waals surface area contributed by atoms with Crippen LogP contribution in [0.15, 0.2) is 66.8 Å².